The Morgan fingerprint density at radius 1 is 0.972 bits per heavy atom. The molecule has 0 unspecified atom stereocenters. The van der Waals surface area contributed by atoms with Gasteiger partial charge in [-0.25, -0.2) is 19.6 Å². The Balaban J connectivity index is 0.000000271. The molecule has 0 saturated heterocycles. The Labute approximate surface area is 201 Å². The molecule has 3 heterocycles. The van der Waals surface area contributed by atoms with Crippen molar-refractivity contribution in [3.05, 3.63) is 42.1 Å². The van der Waals surface area contributed by atoms with Crippen molar-refractivity contribution in [1.82, 2.24) is 19.4 Å². The number of hydrogen-bond donors (Lipinski definition) is 3. The summed E-state index contributed by atoms with van der Waals surface area (Å²) in [6, 6.07) is 5.93. The van der Waals surface area contributed by atoms with Gasteiger partial charge in [-0.1, -0.05) is 6.07 Å². The third-order valence-electron chi connectivity index (χ3n) is 5.13. The number of carboxylic acid groups (broad SMARTS) is 2. The van der Waals surface area contributed by atoms with Crippen LogP contribution < -0.4 is 5.32 Å². The highest BCUT2D eigenvalue weighted by Crippen LogP contribution is 2.30. The van der Waals surface area contributed by atoms with Crippen molar-refractivity contribution < 1.29 is 46.1 Å². The van der Waals surface area contributed by atoms with Gasteiger partial charge in [-0.05, 0) is 30.9 Å². The van der Waals surface area contributed by atoms with Crippen LogP contribution in [0, 0.1) is 5.92 Å². The minimum Gasteiger partial charge on any atom is -0.475 e. The van der Waals surface area contributed by atoms with Crippen molar-refractivity contribution in [3.63, 3.8) is 0 Å². The molecule has 36 heavy (non-hydrogen) atoms. The molecule has 0 bridgehead atoms. The zero-order valence-corrected chi connectivity index (χ0v) is 18.9. The largest absolute Gasteiger partial charge is 0.490 e. The highest BCUT2D eigenvalue weighted by atomic mass is 19.4. The number of hydrogen-bond acceptors (Lipinski definition) is 6. The fourth-order valence-electron chi connectivity index (χ4n) is 3.18. The van der Waals surface area contributed by atoms with Gasteiger partial charge in [0.15, 0.2) is 0 Å². The summed E-state index contributed by atoms with van der Waals surface area (Å²) in [5.74, 6) is -2.39. The van der Waals surface area contributed by atoms with E-state index in [-0.39, 0.29) is 0 Å². The van der Waals surface area contributed by atoms with Gasteiger partial charge in [0.1, 0.15) is 11.6 Å². The molecule has 2 aliphatic rings. The Morgan fingerprint density at radius 2 is 1.58 bits per heavy atom. The quantitative estimate of drug-likeness (QED) is 0.508. The number of imidazole rings is 1. The van der Waals surface area contributed by atoms with Crippen LogP contribution in [-0.4, -0.2) is 73.6 Å². The lowest BCUT2D eigenvalue weighted by Crippen LogP contribution is -2.29. The predicted octanol–water partition coefficient (Wildman–Crippen LogP) is 3.42. The second kappa shape index (κ2) is 12.6. The lowest BCUT2D eigenvalue weighted by molar-refractivity contribution is -0.193. The van der Waals surface area contributed by atoms with Gasteiger partial charge in [0.05, 0.1) is 18.4 Å². The number of nitrogens with zero attached hydrogens (tertiary/aromatic N) is 4. The summed E-state index contributed by atoms with van der Waals surface area (Å²) in [5, 5.41) is 17.6. The molecular formula is C21H25F6N5O4. The Bertz CT molecular complexity index is 969. The number of halogens is 6. The van der Waals surface area contributed by atoms with Gasteiger partial charge in [-0.2, -0.15) is 26.3 Å². The summed E-state index contributed by atoms with van der Waals surface area (Å²) < 4.78 is 65.9. The highest BCUT2D eigenvalue weighted by Gasteiger charge is 2.38. The second-order valence-electron chi connectivity index (χ2n) is 7.99. The van der Waals surface area contributed by atoms with Crippen LogP contribution in [0.5, 0.6) is 0 Å². The topological polar surface area (TPSA) is 121 Å². The fraction of sp³-hybridized carbons (Fsp3) is 0.524. The molecule has 0 aromatic carbocycles. The van der Waals surface area contributed by atoms with E-state index in [1.807, 2.05) is 30.6 Å². The molecule has 1 aliphatic carbocycles. The number of anilines is 1. The first-order valence-electron chi connectivity index (χ1n) is 10.8. The van der Waals surface area contributed by atoms with Crippen LogP contribution in [0.3, 0.4) is 0 Å². The third kappa shape index (κ3) is 10.1. The molecule has 1 aliphatic heterocycles. The molecule has 0 spiro atoms. The number of aromatic nitrogens is 3. The van der Waals surface area contributed by atoms with E-state index in [0.717, 1.165) is 44.3 Å². The molecule has 1 fully saturated rings. The van der Waals surface area contributed by atoms with Crippen molar-refractivity contribution in [2.24, 2.45) is 5.92 Å². The van der Waals surface area contributed by atoms with Crippen LogP contribution in [0.1, 0.15) is 24.4 Å². The highest BCUT2D eigenvalue weighted by molar-refractivity contribution is 5.73. The Kier molecular flexibility index (Phi) is 10.1. The summed E-state index contributed by atoms with van der Waals surface area (Å²) in [5.41, 5.74) is 1.26. The minimum atomic E-state index is -5.08. The number of carboxylic acids is 2. The van der Waals surface area contributed by atoms with Crippen LogP contribution in [0.4, 0.5) is 32.2 Å². The maximum Gasteiger partial charge on any atom is 0.490 e. The van der Waals surface area contributed by atoms with Crippen LogP contribution in [0.2, 0.25) is 0 Å². The monoisotopic (exact) mass is 525 g/mol. The number of nitrogens with one attached hydrogen (secondary N) is 1. The number of alkyl halides is 6. The van der Waals surface area contributed by atoms with Crippen LogP contribution >= 0.6 is 0 Å². The van der Waals surface area contributed by atoms with Gasteiger partial charge in [-0.15, -0.1) is 0 Å². The van der Waals surface area contributed by atoms with E-state index in [2.05, 4.69) is 24.8 Å². The van der Waals surface area contributed by atoms with Gasteiger partial charge in [0.2, 0.25) is 0 Å². The molecule has 15 heteroatoms. The minimum absolute atomic E-state index is 0.784. The van der Waals surface area contributed by atoms with Crippen molar-refractivity contribution in [3.8, 4) is 0 Å². The van der Waals surface area contributed by atoms with Gasteiger partial charge >= 0.3 is 24.3 Å². The SMILES string of the molecule is O=C(O)C(F)(F)F.O=C(O)C(F)(F)F.c1ccc(NCc2cnc3n2CCN(CC2CC2)CC3)nc1. The van der Waals surface area contributed by atoms with Gasteiger partial charge in [0.25, 0.3) is 0 Å². The molecule has 2 aromatic heterocycles. The molecule has 4 rings (SSSR count). The predicted molar refractivity (Wildman–Crippen MR) is 114 cm³/mol. The molecule has 0 atom stereocenters. The van der Waals surface area contributed by atoms with Gasteiger partial charge in [0, 0.05) is 38.8 Å². The number of fused-ring (bicyclic) bond motifs is 1. The van der Waals surface area contributed by atoms with E-state index in [0.29, 0.717) is 0 Å². The average molecular weight is 525 g/mol. The maximum absolute atomic E-state index is 10.6. The molecule has 9 nitrogen and oxygen atoms in total. The Morgan fingerprint density at radius 3 is 2.08 bits per heavy atom. The summed E-state index contributed by atoms with van der Waals surface area (Å²) in [6.45, 7) is 5.43. The third-order valence-corrected chi connectivity index (χ3v) is 5.13. The molecule has 1 saturated carbocycles. The normalized spacial score (nSPS) is 15.8. The van der Waals surface area contributed by atoms with Crippen molar-refractivity contribution in [2.45, 2.75) is 44.7 Å². The van der Waals surface area contributed by atoms with Crippen LogP contribution in [-0.2, 0) is 29.1 Å². The van der Waals surface area contributed by atoms with E-state index in [4.69, 9.17) is 19.8 Å². The zero-order chi connectivity index (χ0) is 26.9. The number of aliphatic carboxylic acids is 2. The molecule has 0 amide bonds. The first kappa shape index (κ1) is 28.9. The number of pyridine rings is 1. The van der Waals surface area contributed by atoms with Crippen LogP contribution in [0.25, 0.3) is 0 Å². The summed E-state index contributed by atoms with van der Waals surface area (Å²) in [4.78, 5) is 29.4. The maximum atomic E-state index is 10.6. The Hall–Kier alpha value is -3.36. The van der Waals surface area contributed by atoms with E-state index < -0.39 is 24.3 Å². The molecular weight excluding hydrogens is 500 g/mol. The molecule has 3 N–H and O–H groups in total. The molecule has 200 valence electrons. The standard InChI is InChI=1S/C17H23N5.2C2HF3O2/c1-2-7-18-16(3-1)19-11-15-12-20-17-6-8-21(9-10-22(15)17)13-14-4-5-14;2*3-2(4,5)1(6)7/h1-3,7,12,14H,4-6,8-11,13H2,(H,18,19);2*(H,6,7). The van der Waals surface area contributed by atoms with Crippen LogP contribution in [0.15, 0.2) is 30.6 Å². The van der Waals surface area contributed by atoms with E-state index in [9.17, 15) is 26.3 Å². The average Bonchev–Trinajstić information content (AvgIpc) is 3.56. The molecule has 2 aromatic rings. The zero-order valence-electron chi connectivity index (χ0n) is 18.9. The van der Waals surface area contributed by atoms with Gasteiger partial charge < -0.3 is 25.0 Å². The smallest absolute Gasteiger partial charge is 0.475 e. The van der Waals surface area contributed by atoms with Crippen molar-refractivity contribution in [1.29, 1.82) is 0 Å². The first-order chi connectivity index (χ1) is 16.8. The summed E-state index contributed by atoms with van der Waals surface area (Å²) in [6.07, 6.45) is -2.41. The van der Waals surface area contributed by atoms with Crippen molar-refractivity contribution in [2.75, 3.05) is 25.0 Å². The van der Waals surface area contributed by atoms with E-state index in [1.165, 1.54) is 30.9 Å². The summed E-state index contributed by atoms with van der Waals surface area (Å²) >= 11 is 0. The van der Waals surface area contributed by atoms with Gasteiger partial charge in [-0.3, -0.25) is 0 Å². The number of rotatable bonds is 5. The van der Waals surface area contributed by atoms with E-state index >= 15 is 0 Å². The van der Waals surface area contributed by atoms with E-state index in [1.54, 1.807) is 0 Å². The number of carbonyl (C=O) groups is 2. The summed E-state index contributed by atoms with van der Waals surface area (Å²) in [7, 11) is 0. The lowest BCUT2D eigenvalue weighted by Gasteiger charge is -2.19. The first-order valence-corrected chi connectivity index (χ1v) is 10.8. The lowest BCUT2D eigenvalue weighted by atomic mass is 10.3. The van der Waals surface area contributed by atoms with Crippen molar-refractivity contribution >= 4 is 17.8 Å². The molecule has 0 radical (unpaired) electrons. The fourth-order valence-corrected chi connectivity index (χ4v) is 3.18. The second-order valence-corrected chi connectivity index (χ2v) is 7.99.